The minimum atomic E-state index is -0.109. The van der Waals surface area contributed by atoms with Crippen LogP contribution in [-0.2, 0) is 6.42 Å². The molecule has 1 aromatic carbocycles. The Labute approximate surface area is 134 Å². The van der Waals surface area contributed by atoms with Crippen molar-refractivity contribution in [3.63, 3.8) is 0 Å². The maximum Gasteiger partial charge on any atom is 0.255 e. The molecule has 0 saturated carbocycles. The number of benzene rings is 1. The van der Waals surface area contributed by atoms with Crippen LogP contribution in [0.5, 0.6) is 11.5 Å². The minimum Gasteiger partial charge on any atom is -0.493 e. The van der Waals surface area contributed by atoms with E-state index >= 15 is 0 Å². The fraction of sp³-hybridized carbons (Fsp3) is 0.375. The van der Waals surface area contributed by atoms with Crippen LogP contribution in [0.3, 0.4) is 0 Å². The Morgan fingerprint density at radius 1 is 1.36 bits per heavy atom. The first-order chi connectivity index (χ1) is 10.6. The summed E-state index contributed by atoms with van der Waals surface area (Å²) in [5.41, 5.74) is 2.18. The fourth-order valence-electron chi connectivity index (χ4n) is 2.25. The Hall–Kier alpha value is -1.95. The molecular weight excluding hydrogens is 300 g/mol. The van der Waals surface area contributed by atoms with Gasteiger partial charge in [-0.1, -0.05) is 23.9 Å². The number of hydrogen-bond acceptors (Lipinski definition) is 5. The lowest BCUT2D eigenvalue weighted by atomic mass is 10.0. The molecule has 22 heavy (non-hydrogen) atoms. The molecule has 6 heteroatoms. The molecule has 0 atom stereocenters. The Kier molecular flexibility index (Phi) is 5.49. The molecule has 0 radical (unpaired) electrons. The second kappa shape index (κ2) is 7.35. The number of aromatic nitrogens is 2. The molecule has 0 unspecified atom stereocenters. The molecule has 1 N–H and O–H groups in total. The molecule has 118 valence electrons. The summed E-state index contributed by atoms with van der Waals surface area (Å²) in [4.78, 5) is 19.5. The van der Waals surface area contributed by atoms with Crippen molar-refractivity contribution in [3.8, 4) is 11.5 Å². The standard InChI is InChI=1S/C16H20N2O3S/c1-5-21-14-11(7-6-8-13(14)20-3)9-12-10(2)17-16(22-4)18-15(12)19/h6-8H,5,9H2,1-4H3,(H,17,18,19). The van der Waals surface area contributed by atoms with Crippen molar-refractivity contribution in [1.29, 1.82) is 0 Å². The van der Waals surface area contributed by atoms with E-state index in [0.717, 1.165) is 11.3 Å². The van der Waals surface area contributed by atoms with Gasteiger partial charge in [-0.2, -0.15) is 0 Å². The van der Waals surface area contributed by atoms with Gasteiger partial charge in [0.1, 0.15) is 0 Å². The van der Waals surface area contributed by atoms with Crippen molar-refractivity contribution in [3.05, 3.63) is 45.4 Å². The van der Waals surface area contributed by atoms with Crippen LogP contribution in [0.4, 0.5) is 0 Å². The predicted molar refractivity (Wildman–Crippen MR) is 88.3 cm³/mol. The van der Waals surface area contributed by atoms with Crippen LogP contribution in [0.25, 0.3) is 0 Å². The molecule has 0 saturated heterocycles. The van der Waals surface area contributed by atoms with Gasteiger partial charge in [0.25, 0.3) is 5.56 Å². The summed E-state index contributed by atoms with van der Waals surface area (Å²) in [6.07, 6.45) is 2.34. The van der Waals surface area contributed by atoms with Crippen LogP contribution >= 0.6 is 11.8 Å². The molecular formula is C16H20N2O3S. The Morgan fingerprint density at radius 3 is 2.73 bits per heavy atom. The van der Waals surface area contributed by atoms with Crippen molar-refractivity contribution in [2.45, 2.75) is 25.4 Å². The van der Waals surface area contributed by atoms with Gasteiger partial charge in [-0.3, -0.25) is 4.79 Å². The van der Waals surface area contributed by atoms with Crippen LogP contribution in [0, 0.1) is 6.92 Å². The molecule has 2 aromatic rings. The summed E-state index contributed by atoms with van der Waals surface area (Å²) in [5, 5.41) is 0.627. The summed E-state index contributed by atoms with van der Waals surface area (Å²) < 4.78 is 11.0. The highest BCUT2D eigenvalue weighted by Crippen LogP contribution is 2.32. The van der Waals surface area contributed by atoms with E-state index in [1.807, 2.05) is 38.3 Å². The highest BCUT2D eigenvalue weighted by molar-refractivity contribution is 7.98. The van der Waals surface area contributed by atoms with Crippen LogP contribution < -0.4 is 15.0 Å². The number of methoxy groups -OCH3 is 1. The lowest BCUT2D eigenvalue weighted by Crippen LogP contribution is -2.18. The van der Waals surface area contributed by atoms with Gasteiger partial charge < -0.3 is 14.5 Å². The highest BCUT2D eigenvalue weighted by atomic mass is 32.2. The lowest BCUT2D eigenvalue weighted by molar-refractivity contribution is 0.308. The summed E-state index contributed by atoms with van der Waals surface area (Å²) in [6.45, 7) is 4.31. The fourth-order valence-corrected chi connectivity index (χ4v) is 2.67. The third kappa shape index (κ3) is 3.44. The molecule has 0 bridgehead atoms. The number of para-hydroxylation sites is 1. The number of ether oxygens (including phenoxy) is 2. The molecule has 0 aliphatic carbocycles. The molecule has 5 nitrogen and oxygen atoms in total. The number of aryl methyl sites for hydroxylation is 1. The van der Waals surface area contributed by atoms with E-state index in [1.165, 1.54) is 11.8 Å². The van der Waals surface area contributed by atoms with Crippen LogP contribution in [0.2, 0.25) is 0 Å². The minimum absolute atomic E-state index is 0.109. The average molecular weight is 320 g/mol. The van der Waals surface area contributed by atoms with E-state index in [9.17, 15) is 4.79 Å². The zero-order valence-corrected chi connectivity index (χ0v) is 14.0. The molecule has 0 spiro atoms. The number of aromatic amines is 1. The van der Waals surface area contributed by atoms with E-state index in [1.54, 1.807) is 7.11 Å². The van der Waals surface area contributed by atoms with Gasteiger partial charge in [0.05, 0.1) is 13.7 Å². The lowest BCUT2D eigenvalue weighted by Gasteiger charge is -2.14. The first-order valence-electron chi connectivity index (χ1n) is 7.03. The number of nitrogens with one attached hydrogen (secondary N) is 1. The summed E-state index contributed by atoms with van der Waals surface area (Å²) >= 11 is 1.42. The summed E-state index contributed by atoms with van der Waals surface area (Å²) in [7, 11) is 1.61. The Bertz CT molecular complexity index is 713. The molecule has 1 aromatic heterocycles. The van der Waals surface area contributed by atoms with Crippen molar-refractivity contribution in [2.75, 3.05) is 20.0 Å². The number of thioether (sulfide) groups is 1. The monoisotopic (exact) mass is 320 g/mol. The van der Waals surface area contributed by atoms with Crippen LogP contribution in [-0.4, -0.2) is 29.9 Å². The predicted octanol–water partition coefficient (Wildman–Crippen LogP) is 2.80. The van der Waals surface area contributed by atoms with E-state index < -0.39 is 0 Å². The Morgan fingerprint density at radius 2 is 2.14 bits per heavy atom. The number of rotatable bonds is 6. The van der Waals surface area contributed by atoms with Crippen molar-refractivity contribution in [2.24, 2.45) is 0 Å². The van der Waals surface area contributed by atoms with E-state index in [-0.39, 0.29) is 5.56 Å². The third-order valence-electron chi connectivity index (χ3n) is 3.33. The van der Waals surface area contributed by atoms with Gasteiger partial charge in [-0.05, 0) is 26.2 Å². The smallest absolute Gasteiger partial charge is 0.255 e. The number of nitrogens with zero attached hydrogens (tertiary/aromatic N) is 1. The molecule has 1 heterocycles. The molecule has 0 fully saturated rings. The molecule has 0 aliphatic heterocycles. The number of hydrogen-bond donors (Lipinski definition) is 1. The van der Waals surface area contributed by atoms with Gasteiger partial charge in [0.15, 0.2) is 16.7 Å². The summed E-state index contributed by atoms with van der Waals surface area (Å²) in [6, 6.07) is 5.68. The zero-order chi connectivity index (χ0) is 16.1. The van der Waals surface area contributed by atoms with Crippen molar-refractivity contribution < 1.29 is 9.47 Å². The normalized spacial score (nSPS) is 10.5. The van der Waals surface area contributed by atoms with E-state index in [0.29, 0.717) is 35.2 Å². The second-order valence-electron chi connectivity index (χ2n) is 4.70. The zero-order valence-electron chi connectivity index (χ0n) is 13.2. The maximum atomic E-state index is 12.3. The maximum absolute atomic E-state index is 12.3. The van der Waals surface area contributed by atoms with Gasteiger partial charge >= 0.3 is 0 Å². The Balaban J connectivity index is 2.45. The first kappa shape index (κ1) is 16.4. The largest absolute Gasteiger partial charge is 0.493 e. The highest BCUT2D eigenvalue weighted by Gasteiger charge is 2.15. The summed E-state index contributed by atoms with van der Waals surface area (Å²) in [5.74, 6) is 1.35. The second-order valence-corrected chi connectivity index (χ2v) is 5.49. The van der Waals surface area contributed by atoms with Crippen molar-refractivity contribution >= 4 is 11.8 Å². The molecule has 2 rings (SSSR count). The first-order valence-corrected chi connectivity index (χ1v) is 8.25. The van der Waals surface area contributed by atoms with E-state index in [4.69, 9.17) is 9.47 Å². The quantitative estimate of drug-likeness (QED) is 0.655. The third-order valence-corrected chi connectivity index (χ3v) is 3.91. The average Bonchev–Trinajstić information content (AvgIpc) is 2.52. The van der Waals surface area contributed by atoms with Crippen LogP contribution in [0.15, 0.2) is 28.2 Å². The van der Waals surface area contributed by atoms with Crippen LogP contribution in [0.1, 0.15) is 23.7 Å². The SMILES string of the molecule is CCOc1c(Cc2c(C)nc(SC)[nH]c2=O)cccc1OC. The van der Waals surface area contributed by atoms with Gasteiger partial charge in [0, 0.05) is 23.2 Å². The topological polar surface area (TPSA) is 64.2 Å². The van der Waals surface area contributed by atoms with Gasteiger partial charge in [-0.25, -0.2) is 4.98 Å². The van der Waals surface area contributed by atoms with Gasteiger partial charge in [0.2, 0.25) is 0 Å². The number of H-pyrrole nitrogens is 1. The van der Waals surface area contributed by atoms with Crippen molar-refractivity contribution in [1.82, 2.24) is 9.97 Å². The molecule has 0 amide bonds. The van der Waals surface area contributed by atoms with E-state index in [2.05, 4.69) is 9.97 Å². The molecule has 0 aliphatic rings. The van der Waals surface area contributed by atoms with Gasteiger partial charge in [-0.15, -0.1) is 0 Å².